The molecule has 0 atom stereocenters. The van der Waals surface area contributed by atoms with E-state index in [0.717, 1.165) is 15.6 Å². The van der Waals surface area contributed by atoms with Gasteiger partial charge in [-0.1, -0.05) is 0 Å². The predicted octanol–water partition coefficient (Wildman–Crippen LogP) is 2.42. The van der Waals surface area contributed by atoms with Crippen molar-refractivity contribution in [3.05, 3.63) is 28.0 Å². The molecule has 0 bridgehead atoms. The molecule has 2 aromatic rings. The number of methoxy groups -OCH3 is 1. The van der Waals surface area contributed by atoms with E-state index in [1.54, 1.807) is 6.20 Å². The van der Waals surface area contributed by atoms with Crippen molar-refractivity contribution in [2.45, 2.75) is 6.92 Å². The zero-order valence-corrected chi connectivity index (χ0v) is 9.88. The van der Waals surface area contributed by atoms with Gasteiger partial charge < -0.3 is 9.72 Å². The summed E-state index contributed by atoms with van der Waals surface area (Å²) < 4.78 is 5.55. The van der Waals surface area contributed by atoms with E-state index in [-0.39, 0.29) is 5.97 Å². The molecule has 0 aliphatic carbocycles. The fraction of sp³-hybridized carbons (Fsp3) is 0.200. The van der Waals surface area contributed by atoms with E-state index >= 15 is 0 Å². The predicted molar refractivity (Wildman–Crippen MR) is 59.9 cm³/mol. The summed E-state index contributed by atoms with van der Waals surface area (Å²) in [5.41, 5.74) is 2.00. The van der Waals surface area contributed by atoms with Crippen LogP contribution in [0.25, 0.3) is 11.0 Å². The van der Waals surface area contributed by atoms with Crippen molar-refractivity contribution in [2.24, 2.45) is 0 Å². The first-order valence-electron chi connectivity index (χ1n) is 4.35. The summed E-state index contributed by atoms with van der Waals surface area (Å²) in [4.78, 5) is 18.7. The van der Waals surface area contributed by atoms with Gasteiger partial charge in [-0.3, -0.25) is 0 Å². The van der Waals surface area contributed by atoms with Gasteiger partial charge in [-0.2, -0.15) is 0 Å². The topological polar surface area (TPSA) is 55.0 Å². The Hall–Kier alpha value is -1.36. The van der Waals surface area contributed by atoms with Crippen LogP contribution < -0.4 is 0 Å². The number of carbonyl (C=O) groups is 1. The number of esters is 1. The van der Waals surface area contributed by atoms with Crippen LogP contribution in [0.1, 0.15) is 16.1 Å². The zero-order valence-electron chi connectivity index (χ0n) is 8.30. The van der Waals surface area contributed by atoms with Gasteiger partial charge in [-0.05, 0) is 28.9 Å². The molecule has 5 heteroatoms. The van der Waals surface area contributed by atoms with Crippen molar-refractivity contribution in [3.63, 3.8) is 0 Å². The smallest absolute Gasteiger partial charge is 0.340 e. The van der Waals surface area contributed by atoms with Crippen molar-refractivity contribution < 1.29 is 9.53 Å². The molecule has 0 aliphatic rings. The van der Waals surface area contributed by atoms with Crippen molar-refractivity contribution in [2.75, 3.05) is 7.11 Å². The number of nitrogens with zero attached hydrogens (tertiary/aromatic N) is 1. The zero-order chi connectivity index (χ0) is 11.0. The summed E-state index contributed by atoms with van der Waals surface area (Å²) in [5.74, 6) is -0.348. The molecule has 78 valence electrons. The van der Waals surface area contributed by atoms with E-state index in [2.05, 4.69) is 25.9 Å². The molecule has 0 amide bonds. The molecule has 0 unspecified atom stereocenters. The maximum absolute atomic E-state index is 11.5. The highest BCUT2D eigenvalue weighted by Crippen LogP contribution is 2.24. The second-order valence-corrected chi connectivity index (χ2v) is 4.08. The number of aromatic amines is 1. The lowest BCUT2D eigenvalue weighted by Crippen LogP contribution is -2.01. The molecular formula is C10H9BrN2O2. The minimum Gasteiger partial charge on any atom is -0.465 e. The maximum atomic E-state index is 11.5. The molecule has 0 saturated carbocycles. The molecule has 0 saturated heterocycles. The minimum atomic E-state index is -0.348. The third-order valence-electron chi connectivity index (χ3n) is 2.19. The molecule has 0 aromatic carbocycles. The van der Waals surface area contributed by atoms with E-state index in [9.17, 15) is 4.79 Å². The molecular weight excluding hydrogens is 260 g/mol. The van der Waals surface area contributed by atoms with Crippen LogP contribution in [0, 0.1) is 6.92 Å². The fourth-order valence-corrected chi connectivity index (χ4v) is 1.87. The van der Waals surface area contributed by atoms with Gasteiger partial charge in [0.05, 0.1) is 12.7 Å². The Morgan fingerprint density at radius 2 is 2.33 bits per heavy atom. The number of fused-ring (bicyclic) bond motifs is 1. The number of nitrogens with one attached hydrogen (secondary N) is 1. The number of rotatable bonds is 1. The number of hydrogen-bond acceptors (Lipinski definition) is 3. The Labute approximate surface area is 94.8 Å². The van der Waals surface area contributed by atoms with Crippen molar-refractivity contribution in [1.82, 2.24) is 9.97 Å². The molecule has 0 radical (unpaired) electrons. The quantitative estimate of drug-likeness (QED) is 0.809. The number of carbonyl (C=O) groups excluding carboxylic acids is 1. The van der Waals surface area contributed by atoms with Crippen LogP contribution in [0.15, 0.2) is 16.7 Å². The Morgan fingerprint density at radius 1 is 1.60 bits per heavy atom. The summed E-state index contributed by atoms with van der Waals surface area (Å²) in [7, 11) is 1.37. The lowest BCUT2D eigenvalue weighted by molar-refractivity contribution is 0.0602. The fourth-order valence-electron chi connectivity index (χ4n) is 1.54. The number of H-pyrrole nitrogens is 1. The van der Waals surface area contributed by atoms with Gasteiger partial charge in [0.25, 0.3) is 0 Å². The number of pyridine rings is 1. The average Bonchev–Trinajstić information content (AvgIpc) is 2.52. The third kappa shape index (κ3) is 1.63. The van der Waals surface area contributed by atoms with Gasteiger partial charge in [0.2, 0.25) is 0 Å². The first kappa shape index (κ1) is 10.2. The Kier molecular flexibility index (Phi) is 2.48. The van der Waals surface area contributed by atoms with Crippen molar-refractivity contribution in [1.29, 1.82) is 0 Å². The van der Waals surface area contributed by atoms with Crippen LogP contribution in [-0.4, -0.2) is 23.0 Å². The normalized spacial score (nSPS) is 10.6. The van der Waals surface area contributed by atoms with Gasteiger partial charge in [0, 0.05) is 21.7 Å². The van der Waals surface area contributed by atoms with E-state index < -0.39 is 0 Å². The number of hydrogen-bond donors (Lipinski definition) is 1. The average molecular weight is 269 g/mol. The van der Waals surface area contributed by atoms with Crippen LogP contribution in [0.2, 0.25) is 0 Å². The maximum Gasteiger partial charge on any atom is 0.340 e. The SMILES string of the molecule is COC(=O)c1c(C)[nH]c2ncc(Br)cc12. The Balaban J connectivity index is 2.76. The minimum absolute atomic E-state index is 0.348. The van der Waals surface area contributed by atoms with Crippen LogP contribution in [-0.2, 0) is 4.74 Å². The molecule has 0 spiro atoms. The third-order valence-corrected chi connectivity index (χ3v) is 2.63. The lowest BCUT2D eigenvalue weighted by Gasteiger charge is -1.98. The molecule has 4 nitrogen and oxygen atoms in total. The summed E-state index contributed by atoms with van der Waals surface area (Å²) >= 11 is 3.32. The lowest BCUT2D eigenvalue weighted by atomic mass is 10.2. The first-order chi connectivity index (χ1) is 7.13. The van der Waals surface area contributed by atoms with Gasteiger partial charge in [-0.25, -0.2) is 9.78 Å². The molecule has 2 heterocycles. The highest BCUT2D eigenvalue weighted by Gasteiger charge is 2.17. The monoisotopic (exact) mass is 268 g/mol. The number of aromatic nitrogens is 2. The highest BCUT2D eigenvalue weighted by atomic mass is 79.9. The van der Waals surface area contributed by atoms with Crippen LogP contribution in [0.3, 0.4) is 0 Å². The number of ether oxygens (including phenoxy) is 1. The highest BCUT2D eigenvalue weighted by molar-refractivity contribution is 9.10. The molecule has 0 aliphatic heterocycles. The summed E-state index contributed by atoms with van der Waals surface area (Å²) in [6.45, 7) is 1.82. The largest absolute Gasteiger partial charge is 0.465 e. The van der Waals surface area contributed by atoms with Gasteiger partial charge in [-0.15, -0.1) is 0 Å². The van der Waals surface area contributed by atoms with E-state index in [0.29, 0.717) is 11.2 Å². The van der Waals surface area contributed by atoms with Crippen LogP contribution >= 0.6 is 15.9 Å². The first-order valence-corrected chi connectivity index (χ1v) is 5.15. The van der Waals surface area contributed by atoms with Crippen molar-refractivity contribution >= 4 is 32.9 Å². The van der Waals surface area contributed by atoms with Crippen LogP contribution in [0.5, 0.6) is 0 Å². The second-order valence-electron chi connectivity index (χ2n) is 3.17. The Morgan fingerprint density at radius 3 is 3.00 bits per heavy atom. The van der Waals surface area contributed by atoms with E-state index in [1.165, 1.54) is 7.11 Å². The molecule has 15 heavy (non-hydrogen) atoms. The van der Waals surface area contributed by atoms with Gasteiger partial charge >= 0.3 is 5.97 Å². The summed E-state index contributed by atoms with van der Waals surface area (Å²) in [5, 5.41) is 0.772. The summed E-state index contributed by atoms with van der Waals surface area (Å²) in [6.07, 6.45) is 1.68. The number of aryl methyl sites for hydroxylation is 1. The van der Waals surface area contributed by atoms with E-state index in [4.69, 9.17) is 4.74 Å². The second kappa shape index (κ2) is 3.66. The molecule has 0 fully saturated rings. The summed E-state index contributed by atoms with van der Waals surface area (Å²) in [6, 6.07) is 1.85. The molecule has 1 N–H and O–H groups in total. The van der Waals surface area contributed by atoms with Gasteiger partial charge in [0.1, 0.15) is 5.65 Å². The van der Waals surface area contributed by atoms with Crippen LogP contribution in [0.4, 0.5) is 0 Å². The van der Waals surface area contributed by atoms with E-state index in [1.807, 2.05) is 13.0 Å². The van der Waals surface area contributed by atoms with Gasteiger partial charge in [0.15, 0.2) is 0 Å². The number of halogens is 1. The Bertz CT molecular complexity index is 533. The molecule has 2 aromatic heterocycles. The standard InChI is InChI=1S/C10H9BrN2O2/c1-5-8(10(14)15-2)7-3-6(11)4-12-9(7)13-5/h3-4H,1-2H3,(H,12,13). The molecule has 2 rings (SSSR count). The van der Waals surface area contributed by atoms with Crippen molar-refractivity contribution in [3.8, 4) is 0 Å².